The van der Waals surface area contributed by atoms with Crippen molar-refractivity contribution >= 4 is 0 Å². The molecule has 27 heavy (non-hydrogen) atoms. The molecule has 136 valence electrons. The molecule has 0 fully saturated rings. The highest BCUT2D eigenvalue weighted by Crippen LogP contribution is 2.24. The van der Waals surface area contributed by atoms with Crippen LogP contribution in [0, 0.1) is 5.82 Å². The normalized spacial score (nSPS) is 11.2. The quantitative estimate of drug-likeness (QED) is 0.563. The summed E-state index contributed by atoms with van der Waals surface area (Å²) >= 11 is 0. The van der Waals surface area contributed by atoms with Crippen LogP contribution in [0.3, 0.4) is 0 Å². The standard InChI is InChI=1S/C20H18FN5O/c1-26(13-18-10-19(25-27-18)14-5-7-22-8-6-14)12-16-11-23-24-20(16)15-3-2-4-17(21)9-15/h2-11H,12-13H2,1H3,(H,23,24). The number of hydrogen-bond donors (Lipinski definition) is 1. The van der Waals surface area contributed by atoms with Gasteiger partial charge >= 0.3 is 0 Å². The molecule has 0 atom stereocenters. The summed E-state index contributed by atoms with van der Waals surface area (Å²) in [6, 6.07) is 12.2. The molecule has 4 rings (SSSR count). The van der Waals surface area contributed by atoms with Crippen LogP contribution in [-0.4, -0.2) is 32.3 Å². The van der Waals surface area contributed by atoms with E-state index in [1.165, 1.54) is 12.1 Å². The summed E-state index contributed by atoms with van der Waals surface area (Å²) in [7, 11) is 1.98. The van der Waals surface area contributed by atoms with Crippen molar-refractivity contribution in [2.45, 2.75) is 13.1 Å². The Morgan fingerprint density at radius 3 is 2.74 bits per heavy atom. The predicted octanol–water partition coefficient (Wildman–Crippen LogP) is 3.90. The smallest absolute Gasteiger partial charge is 0.151 e. The Hall–Kier alpha value is -3.32. The van der Waals surface area contributed by atoms with Crippen LogP contribution < -0.4 is 0 Å². The molecule has 0 saturated carbocycles. The molecule has 0 amide bonds. The van der Waals surface area contributed by atoms with Crippen molar-refractivity contribution in [2.24, 2.45) is 0 Å². The number of hydrogen-bond acceptors (Lipinski definition) is 5. The monoisotopic (exact) mass is 363 g/mol. The van der Waals surface area contributed by atoms with Gasteiger partial charge in [-0.15, -0.1) is 0 Å². The SMILES string of the molecule is CN(Cc1cc(-c2ccncc2)no1)Cc1cn[nH]c1-c1cccc(F)c1. The molecule has 1 aromatic carbocycles. The molecular formula is C20H18FN5O. The highest BCUT2D eigenvalue weighted by Gasteiger charge is 2.13. The van der Waals surface area contributed by atoms with Crippen molar-refractivity contribution in [3.8, 4) is 22.5 Å². The van der Waals surface area contributed by atoms with Gasteiger partial charge in [0, 0.05) is 41.7 Å². The number of pyridine rings is 1. The molecule has 0 unspecified atom stereocenters. The molecule has 7 heteroatoms. The van der Waals surface area contributed by atoms with E-state index in [1.54, 1.807) is 24.7 Å². The largest absolute Gasteiger partial charge is 0.359 e. The lowest BCUT2D eigenvalue weighted by Crippen LogP contribution is -2.17. The number of nitrogens with one attached hydrogen (secondary N) is 1. The van der Waals surface area contributed by atoms with E-state index in [0.29, 0.717) is 13.1 Å². The maximum Gasteiger partial charge on any atom is 0.151 e. The van der Waals surface area contributed by atoms with Crippen LogP contribution in [-0.2, 0) is 13.1 Å². The lowest BCUT2D eigenvalue weighted by molar-refractivity contribution is 0.267. The van der Waals surface area contributed by atoms with Gasteiger partial charge in [0.05, 0.1) is 18.4 Å². The minimum atomic E-state index is -0.272. The first-order chi connectivity index (χ1) is 13.2. The van der Waals surface area contributed by atoms with E-state index in [2.05, 4.69) is 25.2 Å². The van der Waals surface area contributed by atoms with E-state index in [9.17, 15) is 4.39 Å². The van der Waals surface area contributed by atoms with Gasteiger partial charge in [-0.3, -0.25) is 15.0 Å². The fraction of sp³-hybridized carbons (Fsp3) is 0.150. The second-order valence-corrected chi connectivity index (χ2v) is 6.37. The number of nitrogens with zero attached hydrogens (tertiary/aromatic N) is 4. The van der Waals surface area contributed by atoms with Crippen molar-refractivity contribution in [3.63, 3.8) is 0 Å². The van der Waals surface area contributed by atoms with Crippen LogP contribution in [0.25, 0.3) is 22.5 Å². The Balaban J connectivity index is 1.46. The van der Waals surface area contributed by atoms with Gasteiger partial charge in [-0.05, 0) is 31.3 Å². The molecule has 3 aromatic heterocycles. The summed E-state index contributed by atoms with van der Waals surface area (Å²) < 4.78 is 19.0. The Morgan fingerprint density at radius 2 is 1.93 bits per heavy atom. The zero-order valence-corrected chi connectivity index (χ0v) is 14.8. The Kier molecular flexibility index (Phi) is 4.76. The van der Waals surface area contributed by atoms with E-state index in [-0.39, 0.29) is 5.82 Å². The molecule has 6 nitrogen and oxygen atoms in total. The first-order valence-electron chi connectivity index (χ1n) is 8.52. The van der Waals surface area contributed by atoms with Gasteiger partial charge in [0.2, 0.25) is 0 Å². The number of benzene rings is 1. The zero-order valence-electron chi connectivity index (χ0n) is 14.8. The van der Waals surface area contributed by atoms with Gasteiger partial charge in [0.15, 0.2) is 5.76 Å². The van der Waals surface area contributed by atoms with Gasteiger partial charge in [-0.25, -0.2) is 4.39 Å². The first kappa shape index (κ1) is 17.1. The summed E-state index contributed by atoms with van der Waals surface area (Å²) in [4.78, 5) is 6.10. The van der Waals surface area contributed by atoms with Crippen LogP contribution in [0.4, 0.5) is 4.39 Å². The van der Waals surface area contributed by atoms with Crippen LogP contribution >= 0.6 is 0 Å². The van der Waals surface area contributed by atoms with Crippen molar-refractivity contribution in [1.29, 1.82) is 0 Å². The third-order valence-electron chi connectivity index (χ3n) is 4.23. The summed E-state index contributed by atoms with van der Waals surface area (Å²) in [5.74, 6) is 0.492. The topological polar surface area (TPSA) is 70.8 Å². The van der Waals surface area contributed by atoms with E-state index in [0.717, 1.165) is 33.8 Å². The summed E-state index contributed by atoms with van der Waals surface area (Å²) in [6.07, 6.45) is 5.21. The fourth-order valence-corrected chi connectivity index (χ4v) is 2.98. The van der Waals surface area contributed by atoms with Gasteiger partial charge in [-0.1, -0.05) is 17.3 Å². The highest BCUT2D eigenvalue weighted by atomic mass is 19.1. The first-order valence-corrected chi connectivity index (χ1v) is 8.52. The van der Waals surface area contributed by atoms with Gasteiger partial charge < -0.3 is 4.52 Å². The maximum absolute atomic E-state index is 13.5. The molecule has 1 N–H and O–H groups in total. The lowest BCUT2D eigenvalue weighted by atomic mass is 10.1. The molecule has 3 heterocycles. The average molecular weight is 363 g/mol. The number of aromatic amines is 1. The Bertz CT molecular complexity index is 1030. The molecule has 4 aromatic rings. The van der Waals surface area contributed by atoms with Crippen molar-refractivity contribution in [1.82, 2.24) is 25.2 Å². The van der Waals surface area contributed by atoms with E-state index < -0.39 is 0 Å². The number of aromatic nitrogens is 4. The van der Waals surface area contributed by atoms with Gasteiger partial charge in [-0.2, -0.15) is 5.10 Å². The maximum atomic E-state index is 13.5. The van der Waals surface area contributed by atoms with E-state index in [1.807, 2.05) is 31.3 Å². The minimum absolute atomic E-state index is 0.272. The average Bonchev–Trinajstić information content (AvgIpc) is 3.32. The van der Waals surface area contributed by atoms with Crippen LogP contribution in [0.1, 0.15) is 11.3 Å². The molecule has 0 spiro atoms. The van der Waals surface area contributed by atoms with Crippen molar-refractivity contribution in [2.75, 3.05) is 7.05 Å². The molecule has 0 aliphatic rings. The fourth-order valence-electron chi connectivity index (χ4n) is 2.98. The van der Waals surface area contributed by atoms with E-state index in [4.69, 9.17) is 4.52 Å². The van der Waals surface area contributed by atoms with Crippen molar-refractivity contribution < 1.29 is 8.91 Å². The third-order valence-corrected chi connectivity index (χ3v) is 4.23. The molecule has 0 bridgehead atoms. The summed E-state index contributed by atoms with van der Waals surface area (Å²) in [6.45, 7) is 1.22. The predicted molar refractivity (Wildman–Crippen MR) is 98.9 cm³/mol. The van der Waals surface area contributed by atoms with Crippen LogP contribution in [0.15, 0.2) is 65.6 Å². The molecular weight excluding hydrogens is 345 g/mol. The highest BCUT2D eigenvalue weighted by molar-refractivity contribution is 5.62. The van der Waals surface area contributed by atoms with Crippen LogP contribution in [0.2, 0.25) is 0 Å². The van der Waals surface area contributed by atoms with Crippen LogP contribution in [0.5, 0.6) is 0 Å². The lowest BCUT2D eigenvalue weighted by Gasteiger charge is -2.14. The van der Waals surface area contributed by atoms with Gasteiger partial charge in [0.1, 0.15) is 11.5 Å². The second kappa shape index (κ2) is 7.51. The number of H-pyrrole nitrogens is 1. The zero-order chi connectivity index (χ0) is 18.6. The number of rotatable bonds is 6. The Morgan fingerprint density at radius 1 is 1.07 bits per heavy atom. The second-order valence-electron chi connectivity index (χ2n) is 6.37. The molecule has 0 radical (unpaired) electrons. The summed E-state index contributed by atoms with van der Waals surface area (Å²) in [5.41, 5.74) is 4.32. The molecule has 0 aliphatic heterocycles. The molecule has 0 saturated heterocycles. The van der Waals surface area contributed by atoms with Gasteiger partial charge in [0.25, 0.3) is 0 Å². The van der Waals surface area contributed by atoms with E-state index >= 15 is 0 Å². The minimum Gasteiger partial charge on any atom is -0.359 e. The Labute approximate surface area is 155 Å². The summed E-state index contributed by atoms with van der Waals surface area (Å²) in [5, 5.41) is 11.2. The third kappa shape index (κ3) is 3.93. The van der Waals surface area contributed by atoms with Crippen molar-refractivity contribution in [3.05, 3.63) is 78.2 Å². The molecule has 0 aliphatic carbocycles. The number of halogens is 1.